The van der Waals surface area contributed by atoms with Gasteiger partial charge in [-0.05, 0) is 30.2 Å². The number of anilines is 1. The Hall–Kier alpha value is -2.55. The highest BCUT2D eigenvalue weighted by Gasteiger charge is 2.42. The number of alkyl halides is 3. The summed E-state index contributed by atoms with van der Waals surface area (Å²) in [4.78, 5) is 12.4. The van der Waals surface area contributed by atoms with E-state index in [9.17, 15) is 26.4 Å². The van der Waals surface area contributed by atoms with Crippen LogP contribution in [0.2, 0.25) is 0 Å². The number of amides is 1. The summed E-state index contributed by atoms with van der Waals surface area (Å²) in [6, 6.07) is 10.5. The summed E-state index contributed by atoms with van der Waals surface area (Å²) in [6.45, 7) is 0.280. The third-order valence-corrected chi connectivity index (χ3v) is 6.10. The minimum Gasteiger partial charge on any atom is -0.337 e. The largest absolute Gasteiger partial charge is 0.412 e. The molecule has 3 rings (SSSR count). The molecule has 5 nitrogen and oxygen atoms in total. The first-order chi connectivity index (χ1) is 12.7. The van der Waals surface area contributed by atoms with Crippen LogP contribution in [-0.2, 0) is 10.0 Å². The minimum absolute atomic E-state index is 0.00752. The van der Waals surface area contributed by atoms with Crippen LogP contribution in [0.4, 0.5) is 18.9 Å². The van der Waals surface area contributed by atoms with Gasteiger partial charge in [0.05, 0.1) is 11.4 Å². The fraction of sp³-hybridized carbons (Fsp3) is 0.278. The predicted octanol–water partition coefficient (Wildman–Crippen LogP) is 3.26. The number of halogens is 3. The Labute approximate surface area is 154 Å². The van der Waals surface area contributed by atoms with E-state index >= 15 is 0 Å². The quantitative estimate of drug-likeness (QED) is 0.860. The summed E-state index contributed by atoms with van der Waals surface area (Å²) in [6.07, 6.45) is -4.21. The second-order valence-electron chi connectivity index (χ2n) is 6.15. The first-order valence-electron chi connectivity index (χ1n) is 8.21. The average molecular weight is 398 g/mol. The van der Waals surface area contributed by atoms with E-state index < -0.39 is 28.1 Å². The molecule has 0 radical (unpaired) electrons. The van der Waals surface area contributed by atoms with Gasteiger partial charge in [-0.15, -0.1) is 0 Å². The van der Waals surface area contributed by atoms with E-state index in [1.165, 1.54) is 52.8 Å². The maximum Gasteiger partial charge on any atom is 0.412 e. The van der Waals surface area contributed by atoms with Crippen LogP contribution in [0.5, 0.6) is 0 Å². The molecule has 1 amide bonds. The van der Waals surface area contributed by atoms with Gasteiger partial charge in [-0.25, -0.2) is 8.42 Å². The lowest BCUT2D eigenvalue weighted by Crippen LogP contribution is -2.38. The van der Waals surface area contributed by atoms with Gasteiger partial charge >= 0.3 is 6.18 Å². The molecular weight excluding hydrogens is 381 g/mol. The Morgan fingerprint density at radius 3 is 2.37 bits per heavy atom. The third-order valence-electron chi connectivity index (χ3n) is 4.23. The maximum absolute atomic E-state index is 13.4. The summed E-state index contributed by atoms with van der Waals surface area (Å²) in [5.74, 6) is -0.923. The molecule has 1 atom stereocenters. The topological polar surface area (TPSA) is 66.5 Å². The molecule has 0 saturated carbocycles. The smallest absolute Gasteiger partial charge is 0.337 e. The average Bonchev–Trinajstić information content (AvgIpc) is 2.98. The number of sulfonamides is 1. The van der Waals surface area contributed by atoms with Crippen molar-refractivity contribution in [1.82, 2.24) is 5.32 Å². The van der Waals surface area contributed by atoms with Crippen molar-refractivity contribution in [3.05, 3.63) is 65.7 Å². The van der Waals surface area contributed by atoms with Crippen LogP contribution in [0.3, 0.4) is 0 Å². The van der Waals surface area contributed by atoms with Crippen molar-refractivity contribution in [3.8, 4) is 0 Å². The molecule has 1 unspecified atom stereocenters. The van der Waals surface area contributed by atoms with Crippen LogP contribution >= 0.6 is 0 Å². The fourth-order valence-corrected chi connectivity index (χ4v) is 4.50. The van der Waals surface area contributed by atoms with E-state index in [0.717, 1.165) is 0 Å². The highest BCUT2D eigenvalue weighted by atomic mass is 32.2. The third kappa shape index (κ3) is 4.24. The zero-order valence-corrected chi connectivity index (χ0v) is 14.9. The van der Waals surface area contributed by atoms with E-state index in [0.29, 0.717) is 6.42 Å². The molecule has 2 aromatic carbocycles. The molecule has 1 aliphatic rings. The standard InChI is InChI=1S/C18H17F3N2O3S/c19-18(20,21)16(13-6-2-1-3-7-13)22-17(24)14-8-4-9-15(12-14)23-10-5-11-27(23,25)26/h1-4,6-9,12,16H,5,10-11H2,(H,22,24). The molecule has 9 heteroatoms. The number of hydrogen-bond acceptors (Lipinski definition) is 3. The molecule has 1 fully saturated rings. The summed E-state index contributed by atoms with van der Waals surface area (Å²) in [5.41, 5.74) is 0.139. The van der Waals surface area contributed by atoms with Gasteiger partial charge in [-0.1, -0.05) is 36.4 Å². The number of carbonyl (C=O) groups is 1. The van der Waals surface area contributed by atoms with Crippen molar-refractivity contribution in [3.63, 3.8) is 0 Å². The van der Waals surface area contributed by atoms with E-state index in [2.05, 4.69) is 0 Å². The number of carbonyl (C=O) groups excluding carboxylic acids is 1. The number of hydrogen-bond donors (Lipinski definition) is 1. The van der Waals surface area contributed by atoms with E-state index in [1.807, 2.05) is 5.32 Å². The molecule has 1 heterocycles. The van der Waals surface area contributed by atoms with Crippen molar-refractivity contribution in [1.29, 1.82) is 0 Å². The molecule has 1 aliphatic heterocycles. The zero-order chi connectivity index (χ0) is 19.7. The fourth-order valence-electron chi connectivity index (χ4n) is 2.95. The van der Waals surface area contributed by atoms with Gasteiger partial charge in [-0.3, -0.25) is 9.10 Å². The van der Waals surface area contributed by atoms with Gasteiger partial charge in [0, 0.05) is 12.1 Å². The van der Waals surface area contributed by atoms with Gasteiger partial charge in [0.25, 0.3) is 5.91 Å². The summed E-state index contributed by atoms with van der Waals surface area (Å²) < 4.78 is 65.4. The normalized spacial score (nSPS) is 17.5. The molecule has 1 N–H and O–H groups in total. The van der Waals surface area contributed by atoms with Crippen molar-refractivity contribution < 1.29 is 26.4 Å². The Bertz CT molecular complexity index is 930. The number of nitrogens with zero attached hydrogens (tertiary/aromatic N) is 1. The molecular formula is C18H17F3N2O3S. The Morgan fingerprint density at radius 1 is 1.07 bits per heavy atom. The number of nitrogens with one attached hydrogen (secondary N) is 1. The predicted molar refractivity (Wildman–Crippen MR) is 94.9 cm³/mol. The van der Waals surface area contributed by atoms with Crippen molar-refractivity contribution >= 4 is 21.6 Å². The number of benzene rings is 2. The van der Waals surface area contributed by atoms with Gasteiger partial charge in [0.1, 0.15) is 0 Å². The maximum atomic E-state index is 13.4. The summed E-state index contributed by atoms with van der Waals surface area (Å²) >= 11 is 0. The second kappa shape index (κ2) is 7.22. The van der Waals surface area contributed by atoms with Crippen LogP contribution in [-0.4, -0.2) is 32.8 Å². The van der Waals surface area contributed by atoms with Crippen molar-refractivity contribution in [2.45, 2.75) is 18.6 Å². The second-order valence-corrected chi connectivity index (χ2v) is 8.16. The van der Waals surface area contributed by atoms with Crippen molar-refractivity contribution in [2.75, 3.05) is 16.6 Å². The minimum atomic E-state index is -4.67. The molecule has 144 valence electrons. The lowest BCUT2D eigenvalue weighted by atomic mass is 10.1. The molecule has 0 bridgehead atoms. The van der Waals surface area contributed by atoms with Crippen LogP contribution in [0, 0.1) is 0 Å². The zero-order valence-electron chi connectivity index (χ0n) is 14.1. The Kier molecular flexibility index (Phi) is 5.14. The van der Waals surface area contributed by atoms with Gasteiger partial charge in [-0.2, -0.15) is 13.2 Å². The lowest BCUT2D eigenvalue weighted by molar-refractivity contribution is -0.155. The molecule has 0 spiro atoms. The monoisotopic (exact) mass is 398 g/mol. The molecule has 1 saturated heterocycles. The van der Waals surface area contributed by atoms with Crippen LogP contribution in [0.1, 0.15) is 28.4 Å². The van der Waals surface area contributed by atoms with Crippen LogP contribution < -0.4 is 9.62 Å². The summed E-state index contributed by atoms with van der Waals surface area (Å²) in [7, 11) is -3.45. The Balaban J connectivity index is 1.86. The first kappa shape index (κ1) is 19.2. The lowest BCUT2D eigenvalue weighted by Gasteiger charge is -2.22. The van der Waals surface area contributed by atoms with Gasteiger partial charge in [0.2, 0.25) is 10.0 Å². The number of rotatable bonds is 4. The molecule has 2 aromatic rings. The van der Waals surface area contributed by atoms with Crippen LogP contribution in [0.25, 0.3) is 0 Å². The Morgan fingerprint density at radius 2 is 1.78 bits per heavy atom. The molecule has 0 aliphatic carbocycles. The van der Waals surface area contributed by atoms with Gasteiger partial charge < -0.3 is 5.32 Å². The van der Waals surface area contributed by atoms with E-state index in [1.54, 1.807) is 6.07 Å². The van der Waals surface area contributed by atoms with E-state index in [-0.39, 0.29) is 29.1 Å². The van der Waals surface area contributed by atoms with E-state index in [4.69, 9.17) is 0 Å². The molecule has 27 heavy (non-hydrogen) atoms. The van der Waals surface area contributed by atoms with Crippen LogP contribution in [0.15, 0.2) is 54.6 Å². The first-order valence-corrected chi connectivity index (χ1v) is 9.82. The summed E-state index contributed by atoms with van der Waals surface area (Å²) in [5, 5.41) is 2.00. The van der Waals surface area contributed by atoms with Gasteiger partial charge in [0.15, 0.2) is 6.04 Å². The SMILES string of the molecule is O=C(NC(c1ccccc1)C(F)(F)F)c1cccc(N2CCCS2(=O)=O)c1. The highest BCUT2D eigenvalue weighted by molar-refractivity contribution is 7.93. The van der Waals surface area contributed by atoms with Crippen molar-refractivity contribution in [2.24, 2.45) is 0 Å². The highest BCUT2D eigenvalue weighted by Crippen LogP contribution is 2.33. The molecule has 0 aromatic heterocycles.